The summed E-state index contributed by atoms with van der Waals surface area (Å²) >= 11 is 5.83. The summed E-state index contributed by atoms with van der Waals surface area (Å²) < 4.78 is 10.5. The predicted molar refractivity (Wildman–Crippen MR) is 80.3 cm³/mol. The fourth-order valence-electron chi connectivity index (χ4n) is 2.11. The maximum Gasteiger partial charge on any atom is 0.325 e. The molecule has 0 radical (unpaired) electrons. The van der Waals surface area contributed by atoms with E-state index in [0.717, 1.165) is 5.56 Å². The van der Waals surface area contributed by atoms with Crippen LogP contribution < -0.4 is 14.8 Å². The van der Waals surface area contributed by atoms with Gasteiger partial charge in [0.05, 0.1) is 5.92 Å². The normalized spacial score (nSPS) is 15.2. The molecule has 0 fully saturated rings. The highest BCUT2D eigenvalue weighted by Crippen LogP contribution is 2.33. The van der Waals surface area contributed by atoms with Gasteiger partial charge >= 0.3 is 5.97 Å². The monoisotopic (exact) mass is 327 g/mol. The van der Waals surface area contributed by atoms with Crippen LogP contribution in [0.4, 0.5) is 0 Å². The van der Waals surface area contributed by atoms with Gasteiger partial charge in [0, 0.05) is 5.88 Å². The molecule has 0 saturated carbocycles. The van der Waals surface area contributed by atoms with Crippen LogP contribution in [-0.4, -0.2) is 35.7 Å². The van der Waals surface area contributed by atoms with Gasteiger partial charge in [0.15, 0.2) is 11.5 Å². The minimum absolute atomic E-state index is 0.142. The van der Waals surface area contributed by atoms with E-state index in [1.54, 1.807) is 0 Å². The van der Waals surface area contributed by atoms with Crippen molar-refractivity contribution in [2.75, 3.05) is 12.7 Å². The van der Waals surface area contributed by atoms with Gasteiger partial charge in [-0.2, -0.15) is 0 Å². The molecule has 120 valence electrons. The number of aliphatic carboxylic acids is 1. The molecule has 1 unspecified atom stereocenters. The molecule has 1 aliphatic rings. The van der Waals surface area contributed by atoms with Gasteiger partial charge in [-0.15, -0.1) is 11.6 Å². The Labute approximate surface area is 133 Å². The first-order valence-corrected chi connectivity index (χ1v) is 7.52. The number of benzene rings is 1. The second kappa shape index (κ2) is 7.35. The average Bonchev–Trinajstić information content (AvgIpc) is 2.95. The van der Waals surface area contributed by atoms with Crippen LogP contribution >= 0.6 is 11.6 Å². The van der Waals surface area contributed by atoms with E-state index in [-0.39, 0.29) is 18.6 Å². The summed E-state index contributed by atoms with van der Waals surface area (Å²) in [6.45, 7) is 1.64. The maximum absolute atomic E-state index is 12.0. The molecule has 1 aromatic rings. The lowest BCUT2D eigenvalue weighted by molar-refractivity contribution is -0.141. The Morgan fingerprint density at radius 2 is 2.09 bits per heavy atom. The number of hydrogen-bond acceptors (Lipinski definition) is 4. The number of carbonyl (C=O) groups is 2. The Kier molecular flexibility index (Phi) is 5.49. The van der Waals surface area contributed by atoms with Crippen molar-refractivity contribution < 1.29 is 24.2 Å². The number of hydrogen-bond donors (Lipinski definition) is 2. The minimum atomic E-state index is -1.07. The van der Waals surface area contributed by atoms with E-state index in [1.807, 2.05) is 18.2 Å². The summed E-state index contributed by atoms with van der Waals surface area (Å²) in [5, 5.41) is 11.3. The zero-order chi connectivity index (χ0) is 16.1. The second-order valence-electron chi connectivity index (χ2n) is 5.15. The van der Waals surface area contributed by atoms with Gasteiger partial charge in [-0.05, 0) is 37.5 Å². The van der Waals surface area contributed by atoms with Crippen LogP contribution in [0, 0.1) is 5.92 Å². The quantitative estimate of drug-likeness (QED) is 0.746. The standard InChI is InChI=1S/C15H18ClNO5/c1-9(15(19)20)17-14(18)11(7-16)4-2-10-3-5-12-13(6-10)22-8-21-12/h3,5-6,9,11H,2,4,7-8H2,1H3,(H,17,18)(H,19,20)/t9-,11?/m1/s1. The molecular weight excluding hydrogens is 310 g/mol. The van der Waals surface area contributed by atoms with Crippen LogP contribution in [0.2, 0.25) is 0 Å². The molecule has 1 aromatic carbocycles. The number of nitrogens with one attached hydrogen (secondary N) is 1. The van der Waals surface area contributed by atoms with E-state index in [4.69, 9.17) is 26.2 Å². The smallest absolute Gasteiger partial charge is 0.325 e. The number of alkyl halides is 1. The summed E-state index contributed by atoms with van der Waals surface area (Å²) in [6, 6.07) is 4.70. The molecule has 2 atom stereocenters. The highest BCUT2D eigenvalue weighted by Gasteiger charge is 2.22. The Morgan fingerprint density at radius 1 is 1.36 bits per heavy atom. The molecule has 0 bridgehead atoms. The van der Waals surface area contributed by atoms with Crippen molar-refractivity contribution in [3.8, 4) is 11.5 Å². The van der Waals surface area contributed by atoms with Gasteiger partial charge in [0.2, 0.25) is 12.7 Å². The van der Waals surface area contributed by atoms with Crippen molar-refractivity contribution in [2.45, 2.75) is 25.8 Å². The first kappa shape index (κ1) is 16.4. The molecule has 22 heavy (non-hydrogen) atoms. The molecule has 1 heterocycles. The van der Waals surface area contributed by atoms with Gasteiger partial charge in [-0.3, -0.25) is 9.59 Å². The third-order valence-electron chi connectivity index (χ3n) is 3.50. The molecule has 1 amide bonds. The second-order valence-corrected chi connectivity index (χ2v) is 5.45. The summed E-state index contributed by atoms with van der Waals surface area (Å²) in [7, 11) is 0. The fourth-order valence-corrected chi connectivity index (χ4v) is 2.40. The zero-order valence-electron chi connectivity index (χ0n) is 12.2. The molecular formula is C15H18ClNO5. The Balaban J connectivity index is 1.90. The van der Waals surface area contributed by atoms with E-state index in [1.165, 1.54) is 6.92 Å². The Morgan fingerprint density at radius 3 is 2.77 bits per heavy atom. The van der Waals surface area contributed by atoms with Gasteiger partial charge in [-0.1, -0.05) is 6.07 Å². The average molecular weight is 328 g/mol. The SMILES string of the molecule is C[C@@H](NC(=O)C(CCl)CCc1ccc2c(c1)OCO2)C(=O)O. The molecule has 2 N–H and O–H groups in total. The first-order valence-electron chi connectivity index (χ1n) is 6.99. The number of rotatable bonds is 7. The molecule has 0 spiro atoms. The van der Waals surface area contributed by atoms with E-state index in [9.17, 15) is 9.59 Å². The van der Waals surface area contributed by atoms with Crippen LogP contribution in [0.15, 0.2) is 18.2 Å². The summed E-state index contributed by atoms with van der Waals surface area (Å²) in [5.74, 6) is -0.297. The van der Waals surface area contributed by atoms with Crippen molar-refractivity contribution >= 4 is 23.5 Å². The van der Waals surface area contributed by atoms with Gasteiger partial charge in [0.25, 0.3) is 0 Å². The Bertz CT molecular complexity index is 563. The van der Waals surface area contributed by atoms with E-state index in [2.05, 4.69) is 5.32 Å². The lowest BCUT2D eigenvalue weighted by Gasteiger charge is -2.16. The first-order chi connectivity index (χ1) is 10.5. The lowest BCUT2D eigenvalue weighted by atomic mass is 9.99. The molecule has 0 aliphatic carbocycles. The number of amides is 1. The van der Waals surface area contributed by atoms with E-state index < -0.39 is 17.9 Å². The largest absolute Gasteiger partial charge is 0.480 e. The highest BCUT2D eigenvalue weighted by atomic mass is 35.5. The summed E-state index contributed by atoms with van der Waals surface area (Å²) in [5.41, 5.74) is 1.01. The number of carboxylic acid groups (broad SMARTS) is 1. The van der Waals surface area contributed by atoms with Crippen LogP contribution in [0.5, 0.6) is 11.5 Å². The van der Waals surface area contributed by atoms with Crippen LogP contribution in [0.1, 0.15) is 18.9 Å². The molecule has 0 aromatic heterocycles. The van der Waals surface area contributed by atoms with Crippen molar-refractivity contribution in [1.82, 2.24) is 5.32 Å². The van der Waals surface area contributed by atoms with Crippen LogP contribution in [-0.2, 0) is 16.0 Å². The number of fused-ring (bicyclic) bond motifs is 1. The molecule has 1 aliphatic heterocycles. The van der Waals surface area contributed by atoms with Crippen molar-refractivity contribution in [2.24, 2.45) is 5.92 Å². The van der Waals surface area contributed by atoms with Gasteiger partial charge in [0.1, 0.15) is 6.04 Å². The number of aryl methyl sites for hydroxylation is 1. The topological polar surface area (TPSA) is 84.9 Å². The summed E-state index contributed by atoms with van der Waals surface area (Å²) in [6.07, 6.45) is 1.17. The van der Waals surface area contributed by atoms with Gasteiger partial charge in [-0.25, -0.2) is 0 Å². The maximum atomic E-state index is 12.0. The van der Waals surface area contributed by atoms with E-state index >= 15 is 0 Å². The van der Waals surface area contributed by atoms with E-state index in [0.29, 0.717) is 24.3 Å². The van der Waals surface area contributed by atoms with Crippen molar-refractivity contribution in [3.63, 3.8) is 0 Å². The lowest BCUT2D eigenvalue weighted by Crippen LogP contribution is -2.42. The molecule has 0 saturated heterocycles. The number of carboxylic acids is 1. The van der Waals surface area contributed by atoms with Crippen LogP contribution in [0.3, 0.4) is 0 Å². The molecule has 2 rings (SSSR count). The molecule has 6 nitrogen and oxygen atoms in total. The molecule has 7 heteroatoms. The summed E-state index contributed by atoms with van der Waals surface area (Å²) in [4.78, 5) is 22.8. The fraction of sp³-hybridized carbons (Fsp3) is 0.467. The number of ether oxygens (including phenoxy) is 2. The van der Waals surface area contributed by atoms with Crippen molar-refractivity contribution in [1.29, 1.82) is 0 Å². The zero-order valence-corrected chi connectivity index (χ0v) is 12.9. The predicted octanol–water partition coefficient (Wildman–Crippen LogP) is 1.79. The van der Waals surface area contributed by atoms with Gasteiger partial charge < -0.3 is 19.9 Å². The number of carbonyl (C=O) groups excluding carboxylic acids is 1. The Hall–Kier alpha value is -1.95. The number of halogens is 1. The minimum Gasteiger partial charge on any atom is -0.480 e. The van der Waals surface area contributed by atoms with Crippen molar-refractivity contribution in [3.05, 3.63) is 23.8 Å². The third kappa shape index (κ3) is 4.04. The van der Waals surface area contributed by atoms with Crippen LogP contribution in [0.25, 0.3) is 0 Å². The third-order valence-corrected chi connectivity index (χ3v) is 3.88. The highest BCUT2D eigenvalue weighted by molar-refractivity contribution is 6.19.